The molecule has 102 valence electrons. The summed E-state index contributed by atoms with van der Waals surface area (Å²) in [6.45, 7) is 10.8. The summed E-state index contributed by atoms with van der Waals surface area (Å²) in [5, 5.41) is 3.49. The third-order valence-corrected chi connectivity index (χ3v) is 3.32. The van der Waals surface area contributed by atoms with E-state index in [1.165, 1.54) is 5.56 Å². The highest BCUT2D eigenvalue weighted by molar-refractivity contribution is 5.46. The second-order valence-electron chi connectivity index (χ2n) is 5.38. The van der Waals surface area contributed by atoms with Crippen LogP contribution in [0.15, 0.2) is 18.3 Å². The Morgan fingerprint density at radius 3 is 2.67 bits per heavy atom. The Kier molecular flexibility index (Phi) is 6.13. The fourth-order valence-corrected chi connectivity index (χ4v) is 1.86. The summed E-state index contributed by atoms with van der Waals surface area (Å²) in [7, 11) is 2.13. The van der Waals surface area contributed by atoms with Crippen molar-refractivity contribution >= 4 is 5.82 Å². The molecule has 0 spiro atoms. The van der Waals surface area contributed by atoms with E-state index in [1.54, 1.807) is 0 Å². The summed E-state index contributed by atoms with van der Waals surface area (Å²) < 4.78 is 0. The van der Waals surface area contributed by atoms with Crippen molar-refractivity contribution in [3.8, 4) is 0 Å². The van der Waals surface area contributed by atoms with Crippen LogP contribution in [0.4, 0.5) is 5.82 Å². The predicted octanol–water partition coefficient (Wildman–Crippen LogP) is 3.06. The molecule has 3 heteroatoms. The third kappa shape index (κ3) is 4.30. The highest BCUT2D eigenvalue weighted by Crippen LogP contribution is 2.18. The number of aromatic nitrogens is 1. The fourth-order valence-electron chi connectivity index (χ4n) is 1.86. The lowest BCUT2D eigenvalue weighted by Crippen LogP contribution is -2.30. The zero-order valence-corrected chi connectivity index (χ0v) is 12.4. The van der Waals surface area contributed by atoms with Crippen LogP contribution in [0.1, 0.15) is 39.7 Å². The van der Waals surface area contributed by atoms with Crippen LogP contribution in [0.25, 0.3) is 0 Å². The van der Waals surface area contributed by atoms with Gasteiger partial charge in [-0.05, 0) is 31.9 Å². The fraction of sp³-hybridized carbons (Fsp3) is 0.667. The molecule has 1 unspecified atom stereocenters. The van der Waals surface area contributed by atoms with Crippen molar-refractivity contribution < 1.29 is 0 Å². The van der Waals surface area contributed by atoms with Crippen LogP contribution in [0, 0.1) is 5.92 Å². The number of hydrogen-bond acceptors (Lipinski definition) is 3. The molecule has 0 aliphatic rings. The van der Waals surface area contributed by atoms with Gasteiger partial charge in [0.25, 0.3) is 0 Å². The van der Waals surface area contributed by atoms with Crippen LogP contribution in [0.5, 0.6) is 0 Å². The Balaban J connectivity index is 2.73. The van der Waals surface area contributed by atoms with E-state index in [-0.39, 0.29) is 0 Å². The van der Waals surface area contributed by atoms with Crippen molar-refractivity contribution in [2.75, 3.05) is 18.5 Å². The van der Waals surface area contributed by atoms with Gasteiger partial charge in [-0.2, -0.15) is 0 Å². The van der Waals surface area contributed by atoms with Gasteiger partial charge in [0, 0.05) is 31.4 Å². The molecule has 1 rings (SSSR count). The minimum atomic E-state index is 0.517. The molecule has 0 bridgehead atoms. The van der Waals surface area contributed by atoms with Crippen LogP contribution in [0.3, 0.4) is 0 Å². The average molecular weight is 249 g/mol. The van der Waals surface area contributed by atoms with Gasteiger partial charge >= 0.3 is 0 Å². The third-order valence-electron chi connectivity index (χ3n) is 3.32. The maximum absolute atomic E-state index is 4.53. The van der Waals surface area contributed by atoms with Crippen molar-refractivity contribution in [3.63, 3.8) is 0 Å². The maximum Gasteiger partial charge on any atom is 0.132 e. The number of nitrogens with one attached hydrogen (secondary N) is 1. The maximum atomic E-state index is 4.53. The summed E-state index contributed by atoms with van der Waals surface area (Å²) >= 11 is 0. The van der Waals surface area contributed by atoms with E-state index in [9.17, 15) is 0 Å². The highest BCUT2D eigenvalue weighted by Gasteiger charge is 2.12. The Morgan fingerprint density at radius 1 is 1.33 bits per heavy atom. The standard InChI is InChI=1S/C15H27N3/c1-6-13(4)18(5)15-14(8-7-9-17-15)11-16-10-12(2)3/h7-9,12-13,16H,6,10-11H2,1-5H3. The lowest BCUT2D eigenvalue weighted by Gasteiger charge is -2.27. The molecule has 1 heterocycles. The van der Waals surface area contributed by atoms with E-state index >= 15 is 0 Å². The summed E-state index contributed by atoms with van der Waals surface area (Å²) in [6.07, 6.45) is 3.01. The minimum absolute atomic E-state index is 0.517. The van der Waals surface area contributed by atoms with Crippen LogP contribution in [0.2, 0.25) is 0 Å². The first-order valence-electron chi connectivity index (χ1n) is 6.93. The van der Waals surface area contributed by atoms with E-state index < -0.39 is 0 Å². The number of pyridine rings is 1. The quantitative estimate of drug-likeness (QED) is 0.805. The van der Waals surface area contributed by atoms with E-state index in [0.717, 1.165) is 25.3 Å². The molecule has 0 aliphatic carbocycles. The molecule has 0 saturated carbocycles. The lowest BCUT2D eigenvalue weighted by atomic mass is 10.1. The zero-order valence-electron chi connectivity index (χ0n) is 12.4. The molecular formula is C15H27N3. The number of hydrogen-bond donors (Lipinski definition) is 1. The van der Waals surface area contributed by atoms with Crippen molar-refractivity contribution in [1.29, 1.82) is 0 Å². The van der Waals surface area contributed by atoms with E-state index in [1.807, 2.05) is 12.3 Å². The number of rotatable bonds is 7. The Labute approximate surface area is 112 Å². The van der Waals surface area contributed by atoms with Crippen molar-refractivity contribution in [2.45, 2.75) is 46.7 Å². The van der Waals surface area contributed by atoms with Crippen molar-refractivity contribution in [1.82, 2.24) is 10.3 Å². The topological polar surface area (TPSA) is 28.2 Å². The second-order valence-corrected chi connectivity index (χ2v) is 5.38. The molecular weight excluding hydrogens is 222 g/mol. The molecule has 0 aromatic carbocycles. The predicted molar refractivity (Wildman–Crippen MR) is 78.9 cm³/mol. The van der Waals surface area contributed by atoms with Gasteiger partial charge in [0.15, 0.2) is 0 Å². The molecule has 1 aromatic heterocycles. The van der Waals surface area contributed by atoms with Gasteiger partial charge in [-0.15, -0.1) is 0 Å². The smallest absolute Gasteiger partial charge is 0.132 e. The first-order valence-corrected chi connectivity index (χ1v) is 6.93. The van der Waals surface area contributed by atoms with Gasteiger partial charge in [-0.1, -0.05) is 26.8 Å². The van der Waals surface area contributed by atoms with E-state index in [0.29, 0.717) is 12.0 Å². The van der Waals surface area contributed by atoms with Crippen molar-refractivity contribution in [2.24, 2.45) is 5.92 Å². The van der Waals surface area contributed by atoms with Gasteiger partial charge in [-0.25, -0.2) is 4.98 Å². The molecule has 18 heavy (non-hydrogen) atoms. The van der Waals surface area contributed by atoms with Gasteiger partial charge in [0.1, 0.15) is 5.82 Å². The largest absolute Gasteiger partial charge is 0.357 e. The Bertz CT molecular complexity index is 349. The summed E-state index contributed by atoms with van der Waals surface area (Å²) in [5.74, 6) is 1.78. The normalized spacial score (nSPS) is 12.8. The number of anilines is 1. The molecule has 0 amide bonds. The van der Waals surface area contributed by atoms with Gasteiger partial charge < -0.3 is 10.2 Å². The Morgan fingerprint density at radius 2 is 2.06 bits per heavy atom. The molecule has 1 aromatic rings. The summed E-state index contributed by atoms with van der Waals surface area (Å²) in [4.78, 5) is 6.80. The molecule has 1 atom stereocenters. The summed E-state index contributed by atoms with van der Waals surface area (Å²) in [5.41, 5.74) is 1.28. The SMILES string of the molecule is CCC(C)N(C)c1ncccc1CNCC(C)C. The highest BCUT2D eigenvalue weighted by atomic mass is 15.2. The molecule has 1 N–H and O–H groups in total. The number of nitrogens with zero attached hydrogens (tertiary/aromatic N) is 2. The molecule has 0 radical (unpaired) electrons. The summed E-state index contributed by atoms with van der Waals surface area (Å²) in [6, 6.07) is 4.69. The van der Waals surface area contributed by atoms with Crippen LogP contribution in [-0.4, -0.2) is 24.6 Å². The molecule has 0 saturated heterocycles. The van der Waals surface area contributed by atoms with Crippen LogP contribution in [-0.2, 0) is 6.54 Å². The average Bonchev–Trinajstić information content (AvgIpc) is 2.37. The Hall–Kier alpha value is -1.09. The van der Waals surface area contributed by atoms with E-state index in [4.69, 9.17) is 0 Å². The van der Waals surface area contributed by atoms with Crippen molar-refractivity contribution in [3.05, 3.63) is 23.9 Å². The zero-order chi connectivity index (χ0) is 13.5. The molecule has 0 fully saturated rings. The second kappa shape index (κ2) is 7.37. The van der Waals surface area contributed by atoms with Gasteiger partial charge in [0.2, 0.25) is 0 Å². The first kappa shape index (κ1) is 15.0. The molecule has 3 nitrogen and oxygen atoms in total. The minimum Gasteiger partial charge on any atom is -0.357 e. The van der Waals surface area contributed by atoms with Crippen LogP contribution < -0.4 is 10.2 Å². The van der Waals surface area contributed by atoms with Crippen LogP contribution >= 0.6 is 0 Å². The first-order chi connectivity index (χ1) is 8.56. The monoisotopic (exact) mass is 249 g/mol. The van der Waals surface area contributed by atoms with Gasteiger partial charge in [-0.3, -0.25) is 0 Å². The molecule has 0 aliphatic heterocycles. The van der Waals surface area contributed by atoms with Gasteiger partial charge in [0.05, 0.1) is 0 Å². The van der Waals surface area contributed by atoms with E-state index in [2.05, 4.69) is 56.0 Å². The lowest BCUT2D eigenvalue weighted by molar-refractivity contribution is 0.550.